The molecule has 1 unspecified atom stereocenters. The Kier molecular flexibility index (Phi) is 4.24. The summed E-state index contributed by atoms with van der Waals surface area (Å²) in [6, 6.07) is 3.12. The molecule has 20 heavy (non-hydrogen) atoms. The SMILES string of the molecule is CS(=O)(=O)N1CCCC(C(=O)Nc2ccc[nH]c2=O)C1. The monoisotopic (exact) mass is 299 g/mol. The van der Waals surface area contributed by atoms with Crippen LogP contribution in [0.15, 0.2) is 23.1 Å². The minimum absolute atomic E-state index is 0.162. The van der Waals surface area contributed by atoms with Gasteiger partial charge in [0.2, 0.25) is 15.9 Å². The van der Waals surface area contributed by atoms with Crippen LogP contribution >= 0.6 is 0 Å². The van der Waals surface area contributed by atoms with E-state index in [1.54, 1.807) is 6.07 Å². The second kappa shape index (κ2) is 5.76. The van der Waals surface area contributed by atoms with Gasteiger partial charge in [-0.2, -0.15) is 0 Å². The van der Waals surface area contributed by atoms with Gasteiger partial charge in [0.1, 0.15) is 5.69 Å². The Morgan fingerprint density at radius 2 is 2.25 bits per heavy atom. The van der Waals surface area contributed by atoms with Crippen LogP contribution in [0.3, 0.4) is 0 Å². The van der Waals surface area contributed by atoms with Crippen molar-refractivity contribution in [2.24, 2.45) is 5.92 Å². The fraction of sp³-hybridized carbons (Fsp3) is 0.500. The molecule has 0 aromatic carbocycles. The first-order valence-corrected chi connectivity index (χ1v) is 8.16. The number of carbonyl (C=O) groups is 1. The summed E-state index contributed by atoms with van der Waals surface area (Å²) in [5.41, 5.74) is -0.203. The van der Waals surface area contributed by atoms with Crippen molar-refractivity contribution in [3.8, 4) is 0 Å². The molecular weight excluding hydrogens is 282 g/mol. The smallest absolute Gasteiger partial charge is 0.271 e. The molecule has 1 aromatic heterocycles. The summed E-state index contributed by atoms with van der Waals surface area (Å²) < 4.78 is 24.3. The van der Waals surface area contributed by atoms with Gasteiger partial charge in [-0.1, -0.05) is 0 Å². The van der Waals surface area contributed by atoms with Crippen LogP contribution in [0.5, 0.6) is 0 Å². The molecule has 110 valence electrons. The Labute approximate surface area is 117 Å². The minimum atomic E-state index is -3.29. The fourth-order valence-corrected chi connectivity index (χ4v) is 3.12. The number of hydrogen-bond donors (Lipinski definition) is 2. The topological polar surface area (TPSA) is 99.3 Å². The number of amides is 1. The molecule has 1 aliphatic heterocycles. The van der Waals surface area contributed by atoms with Gasteiger partial charge in [0.05, 0.1) is 12.2 Å². The number of piperidine rings is 1. The van der Waals surface area contributed by atoms with E-state index in [0.29, 0.717) is 19.4 Å². The average molecular weight is 299 g/mol. The van der Waals surface area contributed by atoms with Gasteiger partial charge >= 0.3 is 0 Å². The van der Waals surface area contributed by atoms with E-state index in [1.165, 1.54) is 16.6 Å². The quantitative estimate of drug-likeness (QED) is 0.819. The minimum Gasteiger partial charge on any atom is -0.327 e. The van der Waals surface area contributed by atoms with Crippen molar-refractivity contribution in [3.05, 3.63) is 28.7 Å². The predicted molar refractivity (Wildman–Crippen MR) is 74.8 cm³/mol. The molecular formula is C12H17N3O4S. The largest absolute Gasteiger partial charge is 0.327 e. The normalized spacial score (nSPS) is 20.6. The van der Waals surface area contributed by atoms with Crippen LogP contribution in [-0.4, -0.2) is 43.0 Å². The van der Waals surface area contributed by atoms with E-state index < -0.39 is 15.9 Å². The van der Waals surface area contributed by atoms with E-state index in [1.807, 2.05) is 0 Å². The molecule has 0 radical (unpaired) electrons. The highest BCUT2D eigenvalue weighted by molar-refractivity contribution is 7.88. The molecule has 2 N–H and O–H groups in total. The third-order valence-corrected chi connectivity index (χ3v) is 4.57. The van der Waals surface area contributed by atoms with Crippen LogP contribution in [-0.2, 0) is 14.8 Å². The number of nitrogens with one attached hydrogen (secondary N) is 2. The van der Waals surface area contributed by atoms with Gasteiger partial charge < -0.3 is 10.3 Å². The number of hydrogen-bond acceptors (Lipinski definition) is 4. The molecule has 1 atom stereocenters. The number of pyridine rings is 1. The first-order chi connectivity index (χ1) is 9.38. The summed E-state index contributed by atoms with van der Waals surface area (Å²) in [4.78, 5) is 26.1. The van der Waals surface area contributed by atoms with Gasteiger partial charge in [-0.15, -0.1) is 0 Å². The lowest BCUT2D eigenvalue weighted by atomic mass is 9.99. The molecule has 8 heteroatoms. The lowest BCUT2D eigenvalue weighted by molar-refractivity contribution is -0.120. The number of carbonyl (C=O) groups excluding carboxylic acids is 1. The molecule has 2 rings (SSSR count). The van der Waals surface area contributed by atoms with Gasteiger partial charge in [-0.05, 0) is 25.0 Å². The second-order valence-electron chi connectivity index (χ2n) is 4.86. The van der Waals surface area contributed by atoms with Gasteiger partial charge in [0.25, 0.3) is 5.56 Å². The number of anilines is 1. The van der Waals surface area contributed by atoms with Crippen LogP contribution < -0.4 is 10.9 Å². The summed E-state index contributed by atoms with van der Waals surface area (Å²) in [5, 5.41) is 2.55. The predicted octanol–water partition coefficient (Wildman–Crippen LogP) is -0.0150. The number of sulfonamides is 1. The maximum atomic E-state index is 12.1. The second-order valence-corrected chi connectivity index (χ2v) is 6.84. The lowest BCUT2D eigenvalue weighted by Gasteiger charge is -2.29. The summed E-state index contributed by atoms with van der Waals surface area (Å²) >= 11 is 0. The summed E-state index contributed by atoms with van der Waals surface area (Å²) in [7, 11) is -3.29. The van der Waals surface area contributed by atoms with Gasteiger partial charge in [-0.25, -0.2) is 12.7 Å². The molecule has 1 fully saturated rings. The molecule has 0 saturated carbocycles. The van der Waals surface area contributed by atoms with E-state index in [2.05, 4.69) is 10.3 Å². The fourth-order valence-electron chi connectivity index (χ4n) is 2.21. The van der Waals surface area contributed by atoms with Crippen molar-refractivity contribution < 1.29 is 13.2 Å². The van der Waals surface area contributed by atoms with E-state index in [4.69, 9.17) is 0 Å². The third kappa shape index (κ3) is 3.45. The van der Waals surface area contributed by atoms with Crippen LogP contribution in [0, 0.1) is 5.92 Å². The highest BCUT2D eigenvalue weighted by Gasteiger charge is 2.30. The van der Waals surface area contributed by atoms with E-state index >= 15 is 0 Å². The first-order valence-electron chi connectivity index (χ1n) is 6.31. The van der Waals surface area contributed by atoms with Crippen molar-refractivity contribution in [3.63, 3.8) is 0 Å². The van der Waals surface area contributed by atoms with Crippen LogP contribution in [0.4, 0.5) is 5.69 Å². The highest BCUT2D eigenvalue weighted by atomic mass is 32.2. The Morgan fingerprint density at radius 3 is 2.90 bits per heavy atom. The van der Waals surface area contributed by atoms with Gasteiger partial charge in [0, 0.05) is 19.3 Å². The Morgan fingerprint density at radius 1 is 1.50 bits per heavy atom. The average Bonchev–Trinajstić information content (AvgIpc) is 2.40. The Hall–Kier alpha value is -1.67. The molecule has 0 aliphatic carbocycles. The van der Waals surface area contributed by atoms with Gasteiger partial charge in [0.15, 0.2) is 0 Å². The standard InChI is InChI=1S/C12H17N3O4S/c1-20(18,19)15-7-3-4-9(8-15)11(16)14-10-5-2-6-13-12(10)17/h2,5-6,9H,3-4,7-8H2,1H3,(H,13,17)(H,14,16). The van der Waals surface area contributed by atoms with Crippen LogP contribution in [0.2, 0.25) is 0 Å². The Balaban J connectivity index is 2.06. The van der Waals surface area contributed by atoms with Crippen molar-refractivity contribution >= 4 is 21.6 Å². The molecule has 1 aromatic rings. The lowest BCUT2D eigenvalue weighted by Crippen LogP contribution is -2.43. The van der Waals surface area contributed by atoms with Crippen molar-refractivity contribution in [1.29, 1.82) is 0 Å². The van der Waals surface area contributed by atoms with Crippen molar-refractivity contribution in [2.45, 2.75) is 12.8 Å². The van der Waals surface area contributed by atoms with Crippen LogP contribution in [0.1, 0.15) is 12.8 Å². The molecule has 0 bridgehead atoms. The van der Waals surface area contributed by atoms with Crippen molar-refractivity contribution in [1.82, 2.24) is 9.29 Å². The number of aromatic amines is 1. The first kappa shape index (κ1) is 14.7. The van der Waals surface area contributed by atoms with E-state index in [0.717, 1.165) is 6.26 Å². The number of nitrogens with zero attached hydrogens (tertiary/aromatic N) is 1. The van der Waals surface area contributed by atoms with Crippen molar-refractivity contribution in [2.75, 3.05) is 24.7 Å². The molecule has 1 aliphatic rings. The maximum Gasteiger partial charge on any atom is 0.271 e. The highest BCUT2D eigenvalue weighted by Crippen LogP contribution is 2.19. The zero-order valence-corrected chi connectivity index (χ0v) is 11.9. The van der Waals surface area contributed by atoms with Gasteiger partial charge in [-0.3, -0.25) is 9.59 Å². The van der Waals surface area contributed by atoms with E-state index in [-0.39, 0.29) is 23.7 Å². The molecule has 1 saturated heterocycles. The maximum absolute atomic E-state index is 12.1. The van der Waals surface area contributed by atoms with Crippen LogP contribution in [0.25, 0.3) is 0 Å². The Bertz CT molecular complexity index is 653. The zero-order valence-electron chi connectivity index (χ0n) is 11.1. The van der Waals surface area contributed by atoms with E-state index in [9.17, 15) is 18.0 Å². The third-order valence-electron chi connectivity index (χ3n) is 3.30. The molecule has 7 nitrogen and oxygen atoms in total. The summed E-state index contributed by atoms with van der Waals surface area (Å²) in [6.07, 6.45) is 3.86. The molecule has 1 amide bonds. The zero-order chi connectivity index (χ0) is 14.8. The molecule has 0 spiro atoms. The number of rotatable bonds is 3. The number of H-pyrrole nitrogens is 1. The number of aromatic nitrogens is 1. The molecule has 2 heterocycles. The summed E-state index contributed by atoms with van der Waals surface area (Å²) in [5.74, 6) is -0.756. The summed E-state index contributed by atoms with van der Waals surface area (Å²) in [6.45, 7) is 0.601.